The molecule has 0 aliphatic carbocycles. The summed E-state index contributed by atoms with van der Waals surface area (Å²) in [6.07, 6.45) is 1.93. The number of ether oxygens (including phenoxy) is 1. The number of anilines is 3. The molecule has 2 aromatic rings. The molecule has 3 N–H and O–H groups in total. The van der Waals surface area contributed by atoms with Crippen LogP contribution in [0.2, 0.25) is 0 Å². The van der Waals surface area contributed by atoms with Crippen LogP contribution >= 0.6 is 0 Å². The third-order valence-corrected chi connectivity index (χ3v) is 2.82. The molecule has 0 unspecified atom stereocenters. The number of hydrogen-bond donors (Lipinski definition) is 2. The summed E-state index contributed by atoms with van der Waals surface area (Å²) < 4.78 is 5.30. The molecule has 0 bridgehead atoms. The van der Waals surface area contributed by atoms with Crippen LogP contribution in [0.25, 0.3) is 0 Å². The Hall–Kier alpha value is -2.56. The molecular formula is C17H21N3O2. The Morgan fingerprint density at radius 2 is 1.91 bits per heavy atom. The quantitative estimate of drug-likeness (QED) is 0.847. The molecule has 0 atom stereocenters. The normalized spacial score (nSPS) is 11.0. The summed E-state index contributed by atoms with van der Waals surface area (Å²) in [5, 5.41) is 3.14. The predicted octanol–water partition coefficient (Wildman–Crippen LogP) is 3.29. The van der Waals surface area contributed by atoms with Crippen molar-refractivity contribution in [3.63, 3.8) is 0 Å². The lowest BCUT2D eigenvalue weighted by Crippen LogP contribution is -2.24. The van der Waals surface area contributed by atoms with E-state index >= 15 is 0 Å². The zero-order chi connectivity index (χ0) is 16.2. The predicted molar refractivity (Wildman–Crippen MR) is 87.9 cm³/mol. The van der Waals surface area contributed by atoms with E-state index in [1.165, 1.54) is 0 Å². The number of carbonyl (C=O) groups is 1. The molecule has 0 aliphatic rings. The van der Waals surface area contributed by atoms with Gasteiger partial charge in [-0.2, -0.15) is 0 Å². The first-order valence-electron chi connectivity index (χ1n) is 7.12. The highest BCUT2D eigenvalue weighted by molar-refractivity contribution is 5.73. The summed E-state index contributed by atoms with van der Waals surface area (Å²) >= 11 is 0. The van der Waals surface area contributed by atoms with Crippen molar-refractivity contribution in [2.45, 2.75) is 32.8 Å². The lowest BCUT2D eigenvalue weighted by molar-refractivity contribution is -0.153. The van der Waals surface area contributed by atoms with E-state index in [9.17, 15) is 4.79 Å². The molecule has 0 saturated heterocycles. The molecule has 5 nitrogen and oxygen atoms in total. The van der Waals surface area contributed by atoms with Crippen LogP contribution in [0.15, 0.2) is 42.6 Å². The minimum atomic E-state index is -0.463. The zero-order valence-electron chi connectivity index (χ0n) is 13.1. The fraction of sp³-hybridized carbons (Fsp3) is 0.294. The van der Waals surface area contributed by atoms with Gasteiger partial charge in [0.05, 0.1) is 12.1 Å². The molecule has 0 radical (unpaired) electrons. The smallest absolute Gasteiger partial charge is 0.310 e. The van der Waals surface area contributed by atoms with Crippen molar-refractivity contribution in [1.29, 1.82) is 0 Å². The van der Waals surface area contributed by atoms with E-state index in [1.54, 1.807) is 18.3 Å². The van der Waals surface area contributed by atoms with Crippen molar-refractivity contribution in [1.82, 2.24) is 4.98 Å². The maximum atomic E-state index is 11.8. The number of carbonyl (C=O) groups excluding carboxylic acids is 1. The number of aromatic nitrogens is 1. The van der Waals surface area contributed by atoms with Crippen molar-refractivity contribution in [2.75, 3.05) is 11.1 Å². The monoisotopic (exact) mass is 299 g/mol. The van der Waals surface area contributed by atoms with E-state index in [1.807, 2.05) is 45.0 Å². The van der Waals surface area contributed by atoms with Crippen LogP contribution in [0.3, 0.4) is 0 Å². The standard InChI is InChI=1S/C17H21N3O2/c1-17(2,3)22-15(21)11-12-6-8-13(9-7-12)20-16-14(18)5-4-10-19-16/h4-10H,11,18H2,1-3H3,(H,19,20). The van der Waals surface area contributed by atoms with Gasteiger partial charge in [-0.05, 0) is 50.6 Å². The minimum Gasteiger partial charge on any atom is -0.460 e. The highest BCUT2D eigenvalue weighted by atomic mass is 16.6. The van der Waals surface area contributed by atoms with Gasteiger partial charge in [-0.15, -0.1) is 0 Å². The van der Waals surface area contributed by atoms with Gasteiger partial charge < -0.3 is 15.8 Å². The van der Waals surface area contributed by atoms with E-state index in [0.717, 1.165) is 11.3 Å². The van der Waals surface area contributed by atoms with Gasteiger partial charge >= 0.3 is 5.97 Å². The number of esters is 1. The van der Waals surface area contributed by atoms with Gasteiger partial charge in [-0.3, -0.25) is 4.79 Å². The number of nitrogens with two attached hydrogens (primary N) is 1. The summed E-state index contributed by atoms with van der Waals surface area (Å²) in [6.45, 7) is 5.57. The molecule has 0 aliphatic heterocycles. The molecule has 0 spiro atoms. The van der Waals surface area contributed by atoms with Crippen molar-refractivity contribution >= 4 is 23.2 Å². The first-order valence-corrected chi connectivity index (χ1v) is 7.12. The molecule has 22 heavy (non-hydrogen) atoms. The third kappa shape index (κ3) is 4.77. The number of nitrogen functional groups attached to an aromatic ring is 1. The van der Waals surface area contributed by atoms with Gasteiger partial charge in [0.25, 0.3) is 0 Å². The molecule has 1 aromatic heterocycles. The van der Waals surface area contributed by atoms with Crippen LogP contribution in [0, 0.1) is 0 Å². The van der Waals surface area contributed by atoms with Gasteiger partial charge in [0, 0.05) is 11.9 Å². The van der Waals surface area contributed by atoms with Crippen LogP contribution in [0.4, 0.5) is 17.2 Å². The second-order valence-corrected chi connectivity index (χ2v) is 6.03. The third-order valence-electron chi connectivity index (χ3n) is 2.82. The van der Waals surface area contributed by atoms with Crippen LogP contribution < -0.4 is 11.1 Å². The summed E-state index contributed by atoms with van der Waals surface area (Å²) in [5.74, 6) is 0.379. The van der Waals surface area contributed by atoms with Gasteiger partial charge in [-0.25, -0.2) is 4.98 Å². The number of nitrogens with zero attached hydrogens (tertiary/aromatic N) is 1. The molecule has 116 valence electrons. The first kappa shape index (κ1) is 15.8. The fourth-order valence-corrected chi connectivity index (χ4v) is 1.91. The topological polar surface area (TPSA) is 77.2 Å². The van der Waals surface area contributed by atoms with E-state index < -0.39 is 5.60 Å². The van der Waals surface area contributed by atoms with E-state index in [-0.39, 0.29) is 12.4 Å². The molecule has 2 rings (SSSR count). The molecule has 0 amide bonds. The van der Waals surface area contributed by atoms with Crippen molar-refractivity contribution in [3.05, 3.63) is 48.2 Å². The Bertz CT molecular complexity index is 646. The largest absolute Gasteiger partial charge is 0.460 e. The summed E-state index contributed by atoms with van der Waals surface area (Å²) in [5.41, 5.74) is 7.71. The Balaban J connectivity index is 1.99. The number of nitrogens with one attached hydrogen (secondary N) is 1. The molecular weight excluding hydrogens is 278 g/mol. The Morgan fingerprint density at radius 3 is 2.50 bits per heavy atom. The van der Waals surface area contributed by atoms with E-state index in [0.29, 0.717) is 11.5 Å². The average molecular weight is 299 g/mol. The highest BCUT2D eigenvalue weighted by Gasteiger charge is 2.16. The lowest BCUT2D eigenvalue weighted by Gasteiger charge is -2.19. The van der Waals surface area contributed by atoms with Gasteiger partial charge in [0.15, 0.2) is 5.82 Å². The lowest BCUT2D eigenvalue weighted by atomic mass is 10.1. The minimum absolute atomic E-state index is 0.234. The zero-order valence-corrected chi connectivity index (χ0v) is 13.1. The molecule has 0 fully saturated rings. The SMILES string of the molecule is CC(C)(C)OC(=O)Cc1ccc(Nc2ncccc2N)cc1. The fourth-order valence-electron chi connectivity index (χ4n) is 1.91. The van der Waals surface area contributed by atoms with Crippen LogP contribution in [-0.2, 0) is 16.0 Å². The van der Waals surface area contributed by atoms with Crippen LogP contribution in [0.1, 0.15) is 26.3 Å². The summed E-state index contributed by atoms with van der Waals surface area (Å²) in [7, 11) is 0. The molecule has 0 saturated carbocycles. The Kier molecular flexibility index (Phi) is 4.65. The maximum absolute atomic E-state index is 11.8. The van der Waals surface area contributed by atoms with Crippen LogP contribution in [-0.4, -0.2) is 16.6 Å². The maximum Gasteiger partial charge on any atom is 0.310 e. The first-order chi connectivity index (χ1) is 10.3. The summed E-state index contributed by atoms with van der Waals surface area (Å²) in [4.78, 5) is 16.0. The van der Waals surface area contributed by atoms with Crippen molar-refractivity contribution in [3.8, 4) is 0 Å². The van der Waals surface area contributed by atoms with Gasteiger partial charge in [-0.1, -0.05) is 12.1 Å². The van der Waals surface area contributed by atoms with Gasteiger partial charge in [0.1, 0.15) is 5.60 Å². The Morgan fingerprint density at radius 1 is 1.23 bits per heavy atom. The Labute approximate surface area is 130 Å². The van der Waals surface area contributed by atoms with Crippen molar-refractivity contribution in [2.24, 2.45) is 0 Å². The van der Waals surface area contributed by atoms with Crippen molar-refractivity contribution < 1.29 is 9.53 Å². The number of pyridine rings is 1. The molecule has 1 heterocycles. The van der Waals surface area contributed by atoms with E-state index in [2.05, 4.69) is 10.3 Å². The highest BCUT2D eigenvalue weighted by Crippen LogP contribution is 2.20. The van der Waals surface area contributed by atoms with Gasteiger partial charge in [0.2, 0.25) is 0 Å². The number of benzene rings is 1. The molecule has 5 heteroatoms. The number of rotatable bonds is 4. The summed E-state index contributed by atoms with van der Waals surface area (Å²) in [6, 6.07) is 11.1. The average Bonchev–Trinajstić information content (AvgIpc) is 2.41. The second-order valence-electron chi connectivity index (χ2n) is 6.03. The van der Waals surface area contributed by atoms with Crippen LogP contribution in [0.5, 0.6) is 0 Å². The molecule has 1 aromatic carbocycles. The number of hydrogen-bond acceptors (Lipinski definition) is 5. The second kappa shape index (κ2) is 6.47. The van der Waals surface area contributed by atoms with E-state index in [4.69, 9.17) is 10.5 Å².